The molecule has 6 heteroatoms. The number of amides is 2. The lowest BCUT2D eigenvalue weighted by molar-refractivity contribution is -0.141. The highest BCUT2D eigenvalue weighted by atomic mass is 16.5. The first-order valence-electron chi connectivity index (χ1n) is 10.3. The Labute approximate surface area is 171 Å². The summed E-state index contributed by atoms with van der Waals surface area (Å²) in [5.41, 5.74) is 3.33. The van der Waals surface area contributed by atoms with E-state index in [9.17, 15) is 9.59 Å². The number of aromatic nitrogens is 1. The van der Waals surface area contributed by atoms with E-state index < -0.39 is 0 Å². The maximum Gasteiger partial charge on any atom is 0.256 e. The van der Waals surface area contributed by atoms with Gasteiger partial charge in [-0.05, 0) is 37.0 Å². The molecule has 0 unspecified atom stereocenters. The number of carbonyl (C=O) groups excluding carboxylic acids is 2. The number of carbonyl (C=O) groups is 2. The quantitative estimate of drug-likeness (QED) is 0.805. The molecule has 2 aromatic rings. The lowest BCUT2D eigenvalue weighted by Crippen LogP contribution is -2.47. The summed E-state index contributed by atoms with van der Waals surface area (Å²) in [5.74, 6) is 0.218. The van der Waals surface area contributed by atoms with E-state index in [-0.39, 0.29) is 17.7 Å². The summed E-state index contributed by atoms with van der Waals surface area (Å²) < 4.78 is 5.34. The minimum Gasteiger partial charge on any atom is -0.378 e. The summed E-state index contributed by atoms with van der Waals surface area (Å²) in [7, 11) is 0. The van der Waals surface area contributed by atoms with Crippen molar-refractivity contribution in [1.29, 1.82) is 0 Å². The fourth-order valence-electron chi connectivity index (χ4n) is 4.22. The number of morpholine rings is 1. The van der Waals surface area contributed by atoms with Crippen LogP contribution in [0, 0.1) is 12.8 Å². The van der Waals surface area contributed by atoms with Crippen LogP contribution in [0.2, 0.25) is 0 Å². The maximum atomic E-state index is 13.4. The molecule has 6 nitrogen and oxygen atoms in total. The van der Waals surface area contributed by atoms with Gasteiger partial charge in [-0.25, -0.2) is 0 Å². The number of piperidine rings is 1. The Morgan fingerprint density at radius 3 is 2.34 bits per heavy atom. The van der Waals surface area contributed by atoms with E-state index >= 15 is 0 Å². The molecular weight excluding hydrogens is 366 g/mol. The molecule has 0 atom stereocenters. The van der Waals surface area contributed by atoms with Crippen LogP contribution in [-0.4, -0.2) is 66.0 Å². The van der Waals surface area contributed by atoms with Crippen LogP contribution in [0.5, 0.6) is 0 Å². The van der Waals surface area contributed by atoms with Gasteiger partial charge in [-0.3, -0.25) is 14.6 Å². The van der Waals surface area contributed by atoms with Crippen LogP contribution >= 0.6 is 0 Å². The van der Waals surface area contributed by atoms with Crippen molar-refractivity contribution in [1.82, 2.24) is 14.8 Å². The lowest BCUT2D eigenvalue weighted by Gasteiger charge is -2.35. The number of aryl methyl sites for hydroxylation is 1. The highest BCUT2D eigenvalue weighted by Gasteiger charge is 2.32. The van der Waals surface area contributed by atoms with Gasteiger partial charge >= 0.3 is 0 Å². The Hall–Kier alpha value is -2.73. The van der Waals surface area contributed by atoms with Gasteiger partial charge in [-0.2, -0.15) is 0 Å². The second kappa shape index (κ2) is 8.74. The molecule has 0 radical (unpaired) electrons. The molecule has 152 valence electrons. The van der Waals surface area contributed by atoms with Crippen molar-refractivity contribution in [3.05, 3.63) is 53.9 Å². The van der Waals surface area contributed by atoms with Crippen molar-refractivity contribution in [2.45, 2.75) is 19.8 Å². The molecule has 4 rings (SSSR count). The molecule has 1 aromatic carbocycles. The average molecular weight is 393 g/mol. The Kier molecular flexibility index (Phi) is 5.90. The zero-order valence-electron chi connectivity index (χ0n) is 16.8. The Bertz CT molecular complexity index is 870. The first-order chi connectivity index (χ1) is 14.1. The summed E-state index contributed by atoms with van der Waals surface area (Å²) in [6.07, 6.45) is 3.17. The average Bonchev–Trinajstić information content (AvgIpc) is 2.79. The zero-order chi connectivity index (χ0) is 20.2. The number of pyridine rings is 1. The van der Waals surface area contributed by atoms with Gasteiger partial charge in [-0.1, -0.05) is 30.3 Å². The topological polar surface area (TPSA) is 62.7 Å². The molecule has 29 heavy (non-hydrogen) atoms. The second-order valence-corrected chi connectivity index (χ2v) is 7.69. The van der Waals surface area contributed by atoms with Crippen LogP contribution in [0.4, 0.5) is 0 Å². The molecule has 0 spiro atoms. The number of hydrogen-bond acceptors (Lipinski definition) is 4. The highest BCUT2D eigenvalue weighted by molar-refractivity contribution is 6.02. The fraction of sp³-hybridized carbons (Fsp3) is 0.435. The molecule has 2 saturated heterocycles. The Morgan fingerprint density at radius 2 is 1.66 bits per heavy atom. The predicted molar refractivity (Wildman–Crippen MR) is 110 cm³/mol. The summed E-state index contributed by atoms with van der Waals surface area (Å²) in [4.78, 5) is 34.3. The summed E-state index contributed by atoms with van der Waals surface area (Å²) in [6, 6.07) is 11.8. The molecule has 0 aliphatic carbocycles. The SMILES string of the molecule is Cc1nccc(-c2ccccc2)c1C(=O)N1CCC(C(=O)N2CCOCC2)CC1. The fourth-order valence-corrected chi connectivity index (χ4v) is 4.22. The standard InChI is InChI=1S/C23H27N3O3/c1-17-21(20(7-10-24-17)18-5-3-2-4-6-18)23(28)25-11-8-19(9-12-25)22(27)26-13-15-29-16-14-26/h2-7,10,19H,8-9,11-16H2,1H3. The molecule has 2 amide bonds. The summed E-state index contributed by atoms with van der Waals surface area (Å²) >= 11 is 0. The molecule has 2 fully saturated rings. The van der Waals surface area contributed by atoms with Gasteiger partial charge < -0.3 is 14.5 Å². The van der Waals surface area contributed by atoms with Crippen LogP contribution in [0.3, 0.4) is 0 Å². The molecule has 0 bridgehead atoms. The van der Waals surface area contributed by atoms with E-state index in [1.54, 1.807) is 6.20 Å². The highest BCUT2D eigenvalue weighted by Crippen LogP contribution is 2.28. The molecule has 3 heterocycles. The van der Waals surface area contributed by atoms with Crippen molar-refractivity contribution < 1.29 is 14.3 Å². The number of ether oxygens (including phenoxy) is 1. The molecule has 2 aliphatic heterocycles. The van der Waals surface area contributed by atoms with Crippen LogP contribution < -0.4 is 0 Å². The van der Waals surface area contributed by atoms with Gasteiger partial charge in [0, 0.05) is 38.3 Å². The van der Waals surface area contributed by atoms with Gasteiger partial charge in [0.15, 0.2) is 0 Å². The first-order valence-corrected chi connectivity index (χ1v) is 10.3. The van der Waals surface area contributed by atoms with Crippen LogP contribution in [0.1, 0.15) is 28.9 Å². The maximum absolute atomic E-state index is 13.4. The van der Waals surface area contributed by atoms with Gasteiger partial charge in [0.2, 0.25) is 5.91 Å². The van der Waals surface area contributed by atoms with Crippen molar-refractivity contribution >= 4 is 11.8 Å². The van der Waals surface area contributed by atoms with E-state index in [4.69, 9.17) is 4.74 Å². The van der Waals surface area contributed by atoms with Gasteiger partial charge in [0.25, 0.3) is 5.91 Å². The smallest absolute Gasteiger partial charge is 0.256 e. The van der Waals surface area contributed by atoms with Crippen molar-refractivity contribution in [2.24, 2.45) is 5.92 Å². The third-order valence-electron chi connectivity index (χ3n) is 5.89. The van der Waals surface area contributed by atoms with Crippen molar-refractivity contribution in [3.63, 3.8) is 0 Å². The number of rotatable bonds is 3. The third-order valence-corrected chi connectivity index (χ3v) is 5.89. The Balaban J connectivity index is 1.47. The van der Waals surface area contributed by atoms with Gasteiger partial charge in [-0.15, -0.1) is 0 Å². The number of hydrogen-bond donors (Lipinski definition) is 0. The summed E-state index contributed by atoms with van der Waals surface area (Å²) in [5, 5.41) is 0. The number of benzene rings is 1. The van der Waals surface area contributed by atoms with Crippen molar-refractivity contribution in [3.8, 4) is 11.1 Å². The lowest BCUT2D eigenvalue weighted by atomic mass is 9.93. The normalized spacial score (nSPS) is 18.0. The molecule has 1 aromatic heterocycles. The second-order valence-electron chi connectivity index (χ2n) is 7.69. The molecule has 0 saturated carbocycles. The van der Waals surface area contributed by atoms with Gasteiger partial charge in [0.05, 0.1) is 24.5 Å². The van der Waals surface area contributed by atoms with E-state index in [0.717, 1.165) is 16.8 Å². The van der Waals surface area contributed by atoms with Gasteiger partial charge in [0.1, 0.15) is 0 Å². The van der Waals surface area contributed by atoms with E-state index in [1.165, 1.54) is 0 Å². The van der Waals surface area contributed by atoms with E-state index in [2.05, 4.69) is 4.98 Å². The number of nitrogens with zero attached hydrogens (tertiary/aromatic N) is 3. The summed E-state index contributed by atoms with van der Waals surface area (Å²) in [6.45, 7) is 5.66. The Morgan fingerprint density at radius 1 is 0.966 bits per heavy atom. The number of likely N-dealkylation sites (tertiary alicyclic amines) is 1. The minimum absolute atomic E-state index is 0.000684. The van der Waals surface area contributed by atoms with Crippen LogP contribution in [-0.2, 0) is 9.53 Å². The van der Waals surface area contributed by atoms with Crippen LogP contribution in [0.15, 0.2) is 42.6 Å². The van der Waals surface area contributed by atoms with Crippen molar-refractivity contribution in [2.75, 3.05) is 39.4 Å². The predicted octanol–water partition coefficient (Wildman–Crippen LogP) is 2.77. The van der Waals surface area contributed by atoms with E-state index in [1.807, 2.05) is 53.1 Å². The molecular formula is C23H27N3O3. The largest absolute Gasteiger partial charge is 0.378 e. The first kappa shape index (κ1) is 19.6. The monoisotopic (exact) mass is 393 g/mol. The molecule has 2 aliphatic rings. The van der Waals surface area contributed by atoms with Crippen LogP contribution in [0.25, 0.3) is 11.1 Å². The molecule has 0 N–H and O–H groups in total. The van der Waals surface area contributed by atoms with E-state index in [0.29, 0.717) is 57.8 Å². The minimum atomic E-state index is 0.000684. The third kappa shape index (κ3) is 4.17. The zero-order valence-corrected chi connectivity index (χ0v) is 16.8.